The quantitative estimate of drug-likeness (QED) is 0.453. The van der Waals surface area contributed by atoms with Crippen molar-refractivity contribution in [1.29, 1.82) is 0 Å². The molecule has 0 aromatic heterocycles. The molecule has 0 aliphatic heterocycles. The van der Waals surface area contributed by atoms with Crippen molar-refractivity contribution in [3.8, 4) is 0 Å². The molecule has 0 rings (SSSR count). The van der Waals surface area contributed by atoms with Crippen LogP contribution in [0.4, 0.5) is 0 Å². The Balaban J connectivity index is 3.13. The molecule has 62 valence electrons. The minimum absolute atomic E-state index is 0.0713. The smallest absolute Gasteiger partial charge is 0.379 e. The van der Waals surface area contributed by atoms with Crippen LogP contribution in [0.1, 0.15) is 6.92 Å². The Hall–Kier alpha value is 0.0700. The fraction of sp³-hybridized carbons (Fsp3) is 1.00. The van der Waals surface area contributed by atoms with Crippen LogP contribution < -0.4 is 0 Å². The zero-order valence-corrected chi connectivity index (χ0v) is 6.58. The highest BCUT2D eigenvalue weighted by molar-refractivity contribution is 7.46. The van der Waals surface area contributed by atoms with Crippen LogP contribution in [-0.4, -0.2) is 29.6 Å². The van der Waals surface area contributed by atoms with Crippen molar-refractivity contribution in [3.05, 3.63) is 0 Å². The maximum Gasteiger partial charge on any atom is 0.469 e. The molecule has 0 aliphatic rings. The van der Waals surface area contributed by atoms with Gasteiger partial charge >= 0.3 is 7.82 Å². The Morgan fingerprint density at radius 2 is 2.00 bits per heavy atom. The standard InChI is InChI=1S/C4H11O5P/c1-2-8-3-4-9-10(5,6)7/h2-4H2,1H3,(H2,5,6,7). The average molecular weight is 170 g/mol. The molecule has 0 aromatic carbocycles. The molecular formula is C4H11O5P. The van der Waals surface area contributed by atoms with Gasteiger partial charge < -0.3 is 14.5 Å². The minimum Gasteiger partial charge on any atom is -0.379 e. The van der Waals surface area contributed by atoms with Crippen molar-refractivity contribution in [3.63, 3.8) is 0 Å². The summed E-state index contributed by atoms with van der Waals surface area (Å²) in [4.78, 5) is 16.3. The van der Waals surface area contributed by atoms with Crippen LogP contribution >= 0.6 is 7.82 Å². The highest BCUT2D eigenvalue weighted by Gasteiger charge is 2.12. The van der Waals surface area contributed by atoms with Gasteiger partial charge in [-0.25, -0.2) is 4.57 Å². The van der Waals surface area contributed by atoms with Crippen LogP contribution in [0.5, 0.6) is 0 Å². The van der Waals surface area contributed by atoms with Gasteiger partial charge in [0.05, 0.1) is 13.2 Å². The number of ether oxygens (including phenoxy) is 1. The van der Waals surface area contributed by atoms with E-state index in [1.54, 1.807) is 6.92 Å². The fourth-order valence-electron chi connectivity index (χ4n) is 0.359. The number of phosphoric ester groups is 1. The predicted octanol–water partition coefficient (Wildman–Crippen LogP) is 0.132. The van der Waals surface area contributed by atoms with Gasteiger partial charge in [0.1, 0.15) is 0 Å². The number of phosphoric acid groups is 1. The second kappa shape index (κ2) is 4.82. The Morgan fingerprint density at radius 3 is 2.40 bits per heavy atom. The van der Waals surface area contributed by atoms with Crippen LogP contribution in [0.15, 0.2) is 0 Å². The van der Waals surface area contributed by atoms with Crippen molar-refractivity contribution in [2.75, 3.05) is 19.8 Å². The zero-order chi connectivity index (χ0) is 8.04. The summed E-state index contributed by atoms with van der Waals surface area (Å²) >= 11 is 0. The summed E-state index contributed by atoms with van der Waals surface area (Å²) in [5.74, 6) is 0. The van der Waals surface area contributed by atoms with Gasteiger partial charge in [0, 0.05) is 6.61 Å². The van der Waals surface area contributed by atoms with Crippen LogP contribution in [-0.2, 0) is 13.8 Å². The van der Waals surface area contributed by atoms with E-state index in [0.717, 1.165) is 0 Å². The molecule has 0 aromatic rings. The third kappa shape index (κ3) is 8.07. The first kappa shape index (κ1) is 10.1. The first-order valence-corrected chi connectivity index (χ1v) is 4.37. The highest BCUT2D eigenvalue weighted by atomic mass is 31.2. The van der Waals surface area contributed by atoms with E-state index in [4.69, 9.17) is 14.5 Å². The van der Waals surface area contributed by atoms with Crippen molar-refractivity contribution >= 4 is 7.82 Å². The summed E-state index contributed by atoms with van der Waals surface area (Å²) in [6, 6.07) is 0. The molecule has 6 heteroatoms. The van der Waals surface area contributed by atoms with Gasteiger partial charge in [-0.1, -0.05) is 0 Å². The Labute approximate surface area is 59.2 Å². The molecule has 0 saturated carbocycles. The monoisotopic (exact) mass is 170 g/mol. The van der Waals surface area contributed by atoms with Crippen LogP contribution in [0.2, 0.25) is 0 Å². The number of hydrogen-bond acceptors (Lipinski definition) is 3. The van der Waals surface area contributed by atoms with E-state index >= 15 is 0 Å². The molecule has 10 heavy (non-hydrogen) atoms. The van der Waals surface area contributed by atoms with Gasteiger partial charge in [0.25, 0.3) is 0 Å². The van der Waals surface area contributed by atoms with E-state index in [0.29, 0.717) is 6.61 Å². The average Bonchev–Trinajstić information content (AvgIpc) is 1.78. The molecule has 0 aliphatic carbocycles. The van der Waals surface area contributed by atoms with Gasteiger partial charge in [-0.05, 0) is 6.92 Å². The molecule has 2 N–H and O–H groups in total. The van der Waals surface area contributed by atoms with E-state index < -0.39 is 7.82 Å². The summed E-state index contributed by atoms with van der Waals surface area (Å²) in [6.45, 7) is 2.45. The first-order valence-electron chi connectivity index (χ1n) is 2.84. The molecule has 0 fully saturated rings. The van der Waals surface area contributed by atoms with Gasteiger partial charge in [-0.3, -0.25) is 4.52 Å². The second-order valence-electron chi connectivity index (χ2n) is 1.52. The third-order valence-electron chi connectivity index (χ3n) is 0.691. The molecule has 5 nitrogen and oxygen atoms in total. The van der Waals surface area contributed by atoms with Crippen LogP contribution in [0.25, 0.3) is 0 Å². The van der Waals surface area contributed by atoms with Crippen molar-refractivity contribution in [1.82, 2.24) is 0 Å². The molecule has 0 spiro atoms. The van der Waals surface area contributed by atoms with E-state index in [-0.39, 0.29) is 13.2 Å². The minimum atomic E-state index is -4.29. The molecule has 0 amide bonds. The fourth-order valence-corrected chi connectivity index (χ4v) is 0.672. The normalized spacial score (nSPS) is 11.9. The Kier molecular flexibility index (Phi) is 4.85. The molecule has 0 radical (unpaired) electrons. The second-order valence-corrected chi connectivity index (χ2v) is 2.76. The van der Waals surface area contributed by atoms with Crippen LogP contribution in [0.3, 0.4) is 0 Å². The third-order valence-corrected chi connectivity index (χ3v) is 1.21. The number of rotatable bonds is 5. The van der Waals surface area contributed by atoms with Crippen molar-refractivity contribution in [2.24, 2.45) is 0 Å². The SMILES string of the molecule is CCOCCOP(=O)(O)O. The van der Waals surface area contributed by atoms with Gasteiger partial charge in [-0.15, -0.1) is 0 Å². The maximum atomic E-state index is 10.0. The summed E-state index contributed by atoms with van der Waals surface area (Å²) in [7, 11) is -4.29. The lowest BCUT2D eigenvalue weighted by Crippen LogP contribution is -2.01. The topological polar surface area (TPSA) is 76.0 Å². The zero-order valence-electron chi connectivity index (χ0n) is 5.69. The molecule has 0 atom stereocenters. The summed E-state index contributed by atoms with van der Waals surface area (Å²) in [5.41, 5.74) is 0. The van der Waals surface area contributed by atoms with Gasteiger partial charge in [-0.2, -0.15) is 0 Å². The molecule has 0 heterocycles. The van der Waals surface area contributed by atoms with Gasteiger partial charge in [0.15, 0.2) is 0 Å². The Bertz CT molecular complexity index is 119. The molecular weight excluding hydrogens is 159 g/mol. The first-order chi connectivity index (χ1) is 4.56. The lowest BCUT2D eigenvalue weighted by molar-refractivity contribution is 0.0932. The molecule has 0 bridgehead atoms. The summed E-state index contributed by atoms with van der Waals surface area (Å²) in [5, 5.41) is 0. The molecule has 0 unspecified atom stereocenters. The largest absolute Gasteiger partial charge is 0.469 e. The maximum absolute atomic E-state index is 10.0. The van der Waals surface area contributed by atoms with Crippen LogP contribution in [0, 0.1) is 0 Å². The van der Waals surface area contributed by atoms with E-state index in [1.165, 1.54) is 0 Å². The predicted molar refractivity (Wildman–Crippen MR) is 34.5 cm³/mol. The van der Waals surface area contributed by atoms with E-state index in [9.17, 15) is 4.57 Å². The van der Waals surface area contributed by atoms with Crippen molar-refractivity contribution in [2.45, 2.75) is 6.92 Å². The summed E-state index contributed by atoms with van der Waals surface area (Å²) in [6.07, 6.45) is 0. The van der Waals surface area contributed by atoms with E-state index in [1.807, 2.05) is 0 Å². The van der Waals surface area contributed by atoms with E-state index in [2.05, 4.69) is 4.52 Å². The lowest BCUT2D eigenvalue weighted by atomic mass is 10.8. The van der Waals surface area contributed by atoms with Gasteiger partial charge in [0.2, 0.25) is 0 Å². The van der Waals surface area contributed by atoms with Crippen molar-refractivity contribution < 1.29 is 23.6 Å². The lowest BCUT2D eigenvalue weighted by Gasteiger charge is -2.03. The number of hydrogen-bond donors (Lipinski definition) is 2. The Morgan fingerprint density at radius 1 is 1.40 bits per heavy atom. The highest BCUT2D eigenvalue weighted by Crippen LogP contribution is 2.35. The summed E-state index contributed by atoms with van der Waals surface area (Å²) < 4.78 is 18.8. The molecule has 0 saturated heterocycles.